The van der Waals surface area contributed by atoms with Crippen molar-refractivity contribution in [3.05, 3.63) is 54.1 Å². The highest BCUT2D eigenvalue weighted by Gasteiger charge is 2.27. The number of aromatic nitrogens is 3. The number of para-hydroxylation sites is 2. The zero-order valence-electron chi connectivity index (χ0n) is 14.5. The van der Waals surface area contributed by atoms with Crippen LogP contribution in [0.1, 0.15) is 18.7 Å². The Morgan fingerprint density at radius 2 is 1.92 bits per heavy atom. The first-order chi connectivity index (χ1) is 12.8. The molecule has 132 valence electrons. The van der Waals surface area contributed by atoms with Crippen LogP contribution in [0, 0.1) is 0 Å². The van der Waals surface area contributed by atoms with Crippen LogP contribution < -0.4 is 14.8 Å². The fraction of sp³-hybridized carbons (Fsp3) is 0.211. The largest absolute Gasteiger partial charge is 0.496 e. The number of ether oxygens (including phenoxy) is 2. The van der Waals surface area contributed by atoms with Gasteiger partial charge in [-0.3, -0.25) is 0 Å². The van der Waals surface area contributed by atoms with E-state index in [0.717, 1.165) is 28.3 Å². The minimum absolute atomic E-state index is 0.454. The second kappa shape index (κ2) is 7.21. The van der Waals surface area contributed by atoms with Gasteiger partial charge < -0.3 is 14.8 Å². The van der Waals surface area contributed by atoms with Gasteiger partial charge in [0.15, 0.2) is 5.69 Å². The van der Waals surface area contributed by atoms with Crippen LogP contribution in [0.15, 0.2) is 53.7 Å². The van der Waals surface area contributed by atoms with Crippen LogP contribution >= 0.6 is 11.8 Å². The maximum absolute atomic E-state index is 6.24. The van der Waals surface area contributed by atoms with Gasteiger partial charge in [-0.25, -0.2) is 0 Å². The number of benzene rings is 2. The standard InChI is InChI=1S/C19H18N4O2S/c1-3-26-19-21-18-16(22-23-19)12-8-4-6-10-14(12)20-17(25-18)13-9-5-7-11-15(13)24-2/h4-11,17,20H,3H2,1-2H3/t17-/m1/s1. The Bertz CT molecular complexity index is 935. The number of hydrogen-bond acceptors (Lipinski definition) is 7. The molecule has 0 spiro atoms. The maximum Gasteiger partial charge on any atom is 0.247 e. The lowest BCUT2D eigenvalue weighted by Crippen LogP contribution is -2.18. The Kier molecular flexibility index (Phi) is 4.62. The van der Waals surface area contributed by atoms with E-state index >= 15 is 0 Å². The van der Waals surface area contributed by atoms with Crippen molar-refractivity contribution in [2.45, 2.75) is 18.3 Å². The van der Waals surface area contributed by atoms with Crippen molar-refractivity contribution >= 4 is 17.4 Å². The second-order valence-electron chi connectivity index (χ2n) is 5.61. The summed E-state index contributed by atoms with van der Waals surface area (Å²) in [6, 6.07) is 15.7. The van der Waals surface area contributed by atoms with Gasteiger partial charge >= 0.3 is 0 Å². The summed E-state index contributed by atoms with van der Waals surface area (Å²) < 4.78 is 11.7. The molecule has 7 heteroatoms. The molecule has 0 aliphatic carbocycles. The van der Waals surface area contributed by atoms with Crippen molar-refractivity contribution in [1.29, 1.82) is 0 Å². The minimum Gasteiger partial charge on any atom is -0.496 e. The molecule has 2 aromatic carbocycles. The third-order valence-corrected chi connectivity index (χ3v) is 4.75. The summed E-state index contributed by atoms with van der Waals surface area (Å²) in [5, 5.41) is 12.6. The highest BCUT2D eigenvalue weighted by atomic mass is 32.2. The Morgan fingerprint density at radius 3 is 2.77 bits per heavy atom. The molecule has 1 N–H and O–H groups in total. The van der Waals surface area contributed by atoms with E-state index in [-0.39, 0.29) is 0 Å². The molecule has 3 aromatic rings. The molecule has 0 radical (unpaired) electrons. The van der Waals surface area contributed by atoms with E-state index in [1.54, 1.807) is 7.11 Å². The lowest BCUT2D eigenvalue weighted by Gasteiger charge is -2.21. The van der Waals surface area contributed by atoms with Crippen LogP contribution in [0.25, 0.3) is 11.3 Å². The van der Waals surface area contributed by atoms with E-state index in [4.69, 9.17) is 9.47 Å². The Labute approximate surface area is 156 Å². The fourth-order valence-electron chi connectivity index (χ4n) is 2.86. The van der Waals surface area contributed by atoms with Gasteiger partial charge in [-0.05, 0) is 24.0 Å². The average Bonchev–Trinajstić information content (AvgIpc) is 2.84. The van der Waals surface area contributed by atoms with Crippen molar-refractivity contribution in [3.8, 4) is 22.9 Å². The Hall–Kier alpha value is -2.80. The van der Waals surface area contributed by atoms with Crippen molar-refractivity contribution in [3.63, 3.8) is 0 Å². The van der Waals surface area contributed by atoms with Crippen molar-refractivity contribution in [2.24, 2.45) is 0 Å². The summed E-state index contributed by atoms with van der Waals surface area (Å²) in [7, 11) is 1.65. The zero-order valence-corrected chi connectivity index (χ0v) is 15.3. The summed E-state index contributed by atoms with van der Waals surface area (Å²) in [5.74, 6) is 2.08. The lowest BCUT2D eigenvalue weighted by atomic mass is 10.1. The first-order valence-electron chi connectivity index (χ1n) is 8.33. The van der Waals surface area contributed by atoms with Crippen molar-refractivity contribution in [1.82, 2.24) is 15.2 Å². The number of methoxy groups -OCH3 is 1. The number of anilines is 1. The highest BCUT2D eigenvalue weighted by Crippen LogP contribution is 2.40. The number of hydrogen-bond donors (Lipinski definition) is 1. The van der Waals surface area contributed by atoms with Gasteiger partial charge in [0.05, 0.1) is 12.7 Å². The number of nitrogens with zero attached hydrogens (tertiary/aromatic N) is 3. The molecule has 6 nitrogen and oxygen atoms in total. The first-order valence-corrected chi connectivity index (χ1v) is 9.31. The maximum atomic E-state index is 6.24. The van der Waals surface area contributed by atoms with Crippen LogP contribution in [0.3, 0.4) is 0 Å². The smallest absolute Gasteiger partial charge is 0.247 e. The number of thioether (sulfide) groups is 1. The molecule has 0 fully saturated rings. The van der Waals surface area contributed by atoms with Gasteiger partial charge in [0.2, 0.25) is 17.3 Å². The number of rotatable bonds is 4. The molecule has 0 unspecified atom stereocenters. The SMILES string of the molecule is CCSc1nnc2c(n1)O[C@H](c1ccccc1OC)Nc1ccccc1-2. The summed E-state index contributed by atoms with van der Waals surface area (Å²) >= 11 is 1.53. The number of fused-ring (bicyclic) bond motifs is 3. The fourth-order valence-corrected chi connectivity index (χ4v) is 3.37. The average molecular weight is 366 g/mol. The second-order valence-corrected chi connectivity index (χ2v) is 6.84. The van der Waals surface area contributed by atoms with Gasteiger partial charge in [0.25, 0.3) is 0 Å². The predicted octanol–water partition coefficient (Wildman–Crippen LogP) is 4.16. The zero-order chi connectivity index (χ0) is 17.9. The van der Waals surface area contributed by atoms with E-state index in [1.807, 2.05) is 48.5 Å². The van der Waals surface area contributed by atoms with Crippen LogP contribution in [-0.4, -0.2) is 28.0 Å². The van der Waals surface area contributed by atoms with E-state index in [1.165, 1.54) is 11.8 Å². The van der Waals surface area contributed by atoms with Crippen LogP contribution in [0.4, 0.5) is 5.69 Å². The first kappa shape index (κ1) is 16.7. The molecule has 0 bridgehead atoms. The predicted molar refractivity (Wildman–Crippen MR) is 102 cm³/mol. The summed E-state index contributed by atoms with van der Waals surface area (Å²) in [5.41, 5.74) is 3.34. The number of nitrogens with one attached hydrogen (secondary N) is 1. The summed E-state index contributed by atoms with van der Waals surface area (Å²) in [4.78, 5) is 4.58. The summed E-state index contributed by atoms with van der Waals surface area (Å²) in [6.07, 6.45) is -0.454. The molecule has 0 saturated carbocycles. The van der Waals surface area contributed by atoms with Crippen molar-refractivity contribution < 1.29 is 9.47 Å². The lowest BCUT2D eigenvalue weighted by molar-refractivity contribution is 0.220. The van der Waals surface area contributed by atoms with E-state index in [2.05, 4.69) is 27.4 Å². The monoisotopic (exact) mass is 366 g/mol. The van der Waals surface area contributed by atoms with Crippen molar-refractivity contribution in [2.75, 3.05) is 18.2 Å². The highest BCUT2D eigenvalue weighted by molar-refractivity contribution is 7.99. The third-order valence-electron chi connectivity index (χ3n) is 4.03. The quantitative estimate of drug-likeness (QED) is 0.695. The molecular formula is C19H18N4O2S. The Morgan fingerprint density at radius 1 is 1.12 bits per heavy atom. The van der Waals surface area contributed by atoms with Crippen LogP contribution in [-0.2, 0) is 0 Å². The molecule has 0 saturated heterocycles. The molecule has 2 heterocycles. The summed E-state index contributed by atoms with van der Waals surface area (Å²) in [6.45, 7) is 2.05. The molecule has 26 heavy (non-hydrogen) atoms. The van der Waals surface area contributed by atoms with Crippen LogP contribution in [0.5, 0.6) is 11.6 Å². The molecule has 1 atom stereocenters. The molecule has 1 aliphatic rings. The molecule has 1 aromatic heterocycles. The molecule has 4 rings (SSSR count). The van der Waals surface area contributed by atoms with E-state index in [9.17, 15) is 0 Å². The molecule has 1 aliphatic heterocycles. The van der Waals surface area contributed by atoms with Gasteiger partial charge in [0.1, 0.15) is 5.75 Å². The van der Waals surface area contributed by atoms with Gasteiger partial charge in [-0.15, -0.1) is 10.2 Å². The van der Waals surface area contributed by atoms with Gasteiger partial charge in [0, 0.05) is 11.3 Å². The normalized spacial score (nSPS) is 15.1. The van der Waals surface area contributed by atoms with Gasteiger partial charge in [-0.2, -0.15) is 4.98 Å². The van der Waals surface area contributed by atoms with Gasteiger partial charge in [-0.1, -0.05) is 49.0 Å². The Balaban J connectivity index is 1.85. The topological polar surface area (TPSA) is 69.2 Å². The third kappa shape index (κ3) is 3.06. The molecule has 0 amide bonds. The van der Waals surface area contributed by atoms with E-state index in [0.29, 0.717) is 16.7 Å². The molecular weight excluding hydrogens is 348 g/mol. The van der Waals surface area contributed by atoms with Crippen LogP contribution in [0.2, 0.25) is 0 Å². The minimum atomic E-state index is -0.454. The van der Waals surface area contributed by atoms with E-state index < -0.39 is 6.23 Å².